The first-order valence-corrected chi connectivity index (χ1v) is 3.79. The van der Waals surface area contributed by atoms with E-state index in [0.717, 1.165) is 0 Å². The van der Waals surface area contributed by atoms with E-state index in [0.29, 0.717) is 23.2 Å². The van der Waals surface area contributed by atoms with Gasteiger partial charge in [0.05, 0.1) is 0 Å². The zero-order valence-corrected chi connectivity index (χ0v) is 7.28. The van der Waals surface area contributed by atoms with Crippen LogP contribution < -0.4 is 11.1 Å². The average Bonchev–Trinajstić information content (AvgIpc) is 2.18. The quantitative estimate of drug-likeness (QED) is 0.394. The van der Waals surface area contributed by atoms with Crippen LogP contribution in [0.3, 0.4) is 0 Å². The topological polar surface area (TPSA) is 72.2 Å². The molecule has 14 heavy (non-hydrogen) atoms. The fourth-order valence-electron chi connectivity index (χ4n) is 0.972. The van der Waals surface area contributed by atoms with Crippen molar-refractivity contribution in [2.45, 2.75) is 0 Å². The molecule has 1 aromatic rings. The van der Waals surface area contributed by atoms with Gasteiger partial charge >= 0.3 is 0 Å². The molecule has 0 radical (unpaired) electrons. The van der Waals surface area contributed by atoms with Gasteiger partial charge < -0.3 is 5.73 Å². The van der Waals surface area contributed by atoms with E-state index in [1.807, 2.05) is 5.32 Å². The van der Waals surface area contributed by atoms with E-state index in [2.05, 4.69) is 5.92 Å². The molecule has 0 aromatic heterocycles. The van der Waals surface area contributed by atoms with Crippen molar-refractivity contribution in [3.63, 3.8) is 0 Å². The molecule has 0 saturated carbocycles. The van der Waals surface area contributed by atoms with Crippen LogP contribution in [0.4, 0.5) is 5.69 Å². The molecule has 0 spiro atoms. The molecule has 1 rings (SSSR count). The predicted octanol–water partition coefficient (Wildman–Crippen LogP) is 0.136. The van der Waals surface area contributed by atoms with Gasteiger partial charge in [-0.25, -0.2) is 0 Å². The summed E-state index contributed by atoms with van der Waals surface area (Å²) < 4.78 is 0. The number of nitrogens with two attached hydrogens (primary N) is 1. The maximum Gasteiger partial charge on any atom is 0.257 e. The molecule has 0 aliphatic rings. The van der Waals surface area contributed by atoms with Gasteiger partial charge in [-0.1, -0.05) is 5.92 Å². The predicted molar refractivity (Wildman–Crippen MR) is 52.3 cm³/mol. The summed E-state index contributed by atoms with van der Waals surface area (Å²) in [6.45, 7) is 0. The zero-order valence-electron chi connectivity index (χ0n) is 7.28. The summed E-state index contributed by atoms with van der Waals surface area (Å²) >= 11 is 0. The number of amides is 2. The van der Waals surface area contributed by atoms with Crippen LogP contribution in [0, 0.1) is 12.3 Å². The normalized spacial score (nSPS) is 8.79. The first kappa shape index (κ1) is 9.81. The Labute approximate surface area is 81.1 Å². The number of imide groups is 1. The third kappa shape index (κ3) is 1.90. The van der Waals surface area contributed by atoms with Crippen LogP contribution in [0.15, 0.2) is 18.2 Å². The van der Waals surface area contributed by atoms with E-state index in [1.165, 1.54) is 12.1 Å². The fourth-order valence-corrected chi connectivity index (χ4v) is 0.972. The SMILES string of the molecule is C#Cc1ccc(C(=O)NC=O)cc1N. The van der Waals surface area contributed by atoms with Gasteiger partial charge in [-0.3, -0.25) is 14.9 Å². The van der Waals surface area contributed by atoms with Crippen molar-refractivity contribution in [3.05, 3.63) is 29.3 Å². The lowest BCUT2D eigenvalue weighted by Crippen LogP contribution is -2.21. The highest BCUT2D eigenvalue weighted by Gasteiger charge is 2.05. The highest BCUT2D eigenvalue weighted by atomic mass is 16.2. The molecule has 0 aliphatic heterocycles. The minimum Gasteiger partial charge on any atom is -0.398 e. The molecule has 0 bridgehead atoms. The van der Waals surface area contributed by atoms with Crippen molar-refractivity contribution in [3.8, 4) is 12.3 Å². The van der Waals surface area contributed by atoms with Gasteiger partial charge in [0.15, 0.2) is 0 Å². The van der Waals surface area contributed by atoms with Crippen LogP contribution in [0.25, 0.3) is 0 Å². The van der Waals surface area contributed by atoms with Crippen LogP contribution in [-0.2, 0) is 4.79 Å². The second kappa shape index (κ2) is 4.10. The van der Waals surface area contributed by atoms with Crippen LogP contribution >= 0.6 is 0 Å². The number of hydrogen-bond acceptors (Lipinski definition) is 3. The van der Waals surface area contributed by atoms with E-state index in [4.69, 9.17) is 12.2 Å². The largest absolute Gasteiger partial charge is 0.398 e. The van der Waals surface area contributed by atoms with Gasteiger partial charge in [0, 0.05) is 16.8 Å². The number of carbonyl (C=O) groups excluding carboxylic acids is 2. The van der Waals surface area contributed by atoms with Crippen molar-refractivity contribution in [2.75, 3.05) is 5.73 Å². The second-order valence-electron chi connectivity index (χ2n) is 2.54. The van der Waals surface area contributed by atoms with Crippen molar-refractivity contribution in [1.29, 1.82) is 0 Å². The summed E-state index contributed by atoms with van der Waals surface area (Å²) in [5.41, 5.74) is 6.71. The number of nitrogens with one attached hydrogen (secondary N) is 1. The molecule has 0 heterocycles. The molecule has 2 amide bonds. The summed E-state index contributed by atoms with van der Waals surface area (Å²) in [6.07, 6.45) is 5.46. The van der Waals surface area contributed by atoms with Crippen LogP contribution in [0.1, 0.15) is 15.9 Å². The standard InChI is InChI=1S/C10H8N2O2/c1-2-7-3-4-8(5-9(7)11)10(14)12-6-13/h1,3-6H,11H2,(H,12,13,14). The smallest absolute Gasteiger partial charge is 0.257 e. The van der Waals surface area contributed by atoms with Crippen LogP contribution in [0.5, 0.6) is 0 Å². The molecule has 0 fully saturated rings. The van der Waals surface area contributed by atoms with Crippen LogP contribution in [0.2, 0.25) is 0 Å². The van der Waals surface area contributed by atoms with Gasteiger partial charge in [-0.05, 0) is 18.2 Å². The van der Waals surface area contributed by atoms with Crippen molar-refractivity contribution >= 4 is 18.0 Å². The minimum absolute atomic E-state index is 0.300. The number of terminal acetylenes is 1. The van der Waals surface area contributed by atoms with Crippen molar-refractivity contribution in [2.24, 2.45) is 0 Å². The monoisotopic (exact) mass is 188 g/mol. The number of rotatable bonds is 2. The van der Waals surface area contributed by atoms with E-state index in [-0.39, 0.29) is 0 Å². The Morgan fingerprint density at radius 3 is 2.79 bits per heavy atom. The summed E-state index contributed by atoms with van der Waals surface area (Å²) in [4.78, 5) is 21.1. The van der Waals surface area contributed by atoms with Gasteiger partial charge in [0.1, 0.15) is 0 Å². The van der Waals surface area contributed by atoms with Gasteiger partial charge in [0.25, 0.3) is 5.91 Å². The van der Waals surface area contributed by atoms with E-state index < -0.39 is 5.91 Å². The van der Waals surface area contributed by atoms with Crippen LogP contribution in [-0.4, -0.2) is 12.3 Å². The summed E-state index contributed by atoms with van der Waals surface area (Å²) in [5.74, 6) is 1.86. The Morgan fingerprint density at radius 2 is 2.29 bits per heavy atom. The van der Waals surface area contributed by atoms with E-state index in [9.17, 15) is 9.59 Å². The minimum atomic E-state index is -0.504. The molecule has 70 valence electrons. The number of nitrogen functional groups attached to an aromatic ring is 1. The third-order valence-electron chi connectivity index (χ3n) is 1.66. The van der Waals surface area contributed by atoms with E-state index in [1.54, 1.807) is 6.07 Å². The number of benzene rings is 1. The average molecular weight is 188 g/mol. The van der Waals surface area contributed by atoms with Crippen molar-refractivity contribution < 1.29 is 9.59 Å². The first-order valence-electron chi connectivity index (χ1n) is 3.79. The number of carbonyl (C=O) groups is 2. The Kier molecular flexibility index (Phi) is 2.87. The zero-order chi connectivity index (χ0) is 10.6. The van der Waals surface area contributed by atoms with Gasteiger partial charge in [-0.2, -0.15) is 0 Å². The summed E-state index contributed by atoms with van der Waals surface area (Å²) in [5, 5.41) is 2.00. The molecule has 0 saturated heterocycles. The molecule has 0 unspecified atom stereocenters. The van der Waals surface area contributed by atoms with E-state index >= 15 is 0 Å². The molecule has 4 nitrogen and oxygen atoms in total. The fraction of sp³-hybridized carbons (Fsp3) is 0. The summed E-state index contributed by atoms with van der Waals surface area (Å²) in [6, 6.07) is 4.48. The number of anilines is 1. The van der Waals surface area contributed by atoms with Gasteiger partial charge in [-0.15, -0.1) is 6.42 Å². The second-order valence-corrected chi connectivity index (χ2v) is 2.54. The maximum atomic E-state index is 11.1. The molecule has 1 aromatic carbocycles. The molecule has 3 N–H and O–H groups in total. The third-order valence-corrected chi connectivity index (χ3v) is 1.66. The van der Waals surface area contributed by atoms with Crippen molar-refractivity contribution in [1.82, 2.24) is 5.32 Å². The Hall–Kier alpha value is -2.28. The highest BCUT2D eigenvalue weighted by molar-refractivity contribution is 6.00. The highest BCUT2D eigenvalue weighted by Crippen LogP contribution is 2.12. The Morgan fingerprint density at radius 1 is 1.57 bits per heavy atom. The summed E-state index contributed by atoms with van der Waals surface area (Å²) in [7, 11) is 0. The maximum absolute atomic E-state index is 11.1. The molecular formula is C10H8N2O2. The lowest BCUT2D eigenvalue weighted by molar-refractivity contribution is -0.108. The molecule has 0 atom stereocenters. The lowest BCUT2D eigenvalue weighted by atomic mass is 10.1. The Balaban J connectivity index is 3.04. The Bertz CT molecular complexity index is 419. The number of hydrogen-bond donors (Lipinski definition) is 2. The first-order chi connectivity index (χ1) is 6.69. The lowest BCUT2D eigenvalue weighted by Gasteiger charge is -2.02. The molecule has 4 heteroatoms. The molecular weight excluding hydrogens is 180 g/mol. The van der Waals surface area contributed by atoms with Gasteiger partial charge in [0.2, 0.25) is 6.41 Å². The molecule has 0 aliphatic carbocycles.